The van der Waals surface area contributed by atoms with Gasteiger partial charge in [-0.2, -0.15) is 0 Å². The average molecular weight is 402 g/mol. The first-order chi connectivity index (χ1) is 14.5. The minimum Gasteiger partial charge on any atom is -0.461 e. The lowest BCUT2D eigenvalue weighted by Gasteiger charge is -2.28. The zero-order chi connectivity index (χ0) is 21.2. The van der Waals surface area contributed by atoms with Crippen molar-refractivity contribution in [2.75, 3.05) is 0 Å². The molecule has 0 aliphatic heterocycles. The van der Waals surface area contributed by atoms with Gasteiger partial charge in [-0.25, -0.2) is 0 Å². The van der Waals surface area contributed by atoms with Crippen LogP contribution in [-0.4, -0.2) is 17.3 Å². The normalized spacial score (nSPS) is 11.1. The molecule has 0 fully saturated rings. The molecule has 0 unspecified atom stereocenters. The largest absolute Gasteiger partial charge is 0.461 e. The van der Waals surface area contributed by atoms with Gasteiger partial charge in [0, 0.05) is 6.42 Å². The van der Waals surface area contributed by atoms with Crippen LogP contribution in [0.25, 0.3) is 0 Å². The van der Waals surface area contributed by atoms with Crippen molar-refractivity contribution < 1.29 is 14.3 Å². The summed E-state index contributed by atoms with van der Waals surface area (Å²) in [4.78, 5) is 25.3. The molecule has 30 heavy (non-hydrogen) atoms. The standard InChI is InChI=1S/C26H27NO3/c27-26(18-21-10-4-1-5-11-21,19-22-12-6-2-7-13-22)24(28)16-17-25(29)30-20-23-14-8-3-9-15-23/h1-15H,16-20,27H2. The van der Waals surface area contributed by atoms with Crippen molar-refractivity contribution in [2.45, 2.75) is 37.8 Å². The van der Waals surface area contributed by atoms with E-state index >= 15 is 0 Å². The summed E-state index contributed by atoms with van der Waals surface area (Å²) in [7, 11) is 0. The molecule has 0 atom stereocenters. The van der Waals surface area contributed by atoms with Crippen molar-refractivity contribution in [1.82, 2.24) is 0 Å². The van der Waals surface area contributed by atoms with E-state index in [9.17, 15) is 9.59 Å². The molecule has 3 aromatic carbocycles. The number of nitrogens with two attached hydrogens (primary N) is 1. The minimum atomic E-state index is -1.08. The van der Waals surface area contributed by atoms with Gasteiger partial charge in [0.1, 0.15) is 6.61 Å². The molecule has 3 rings (SSSR count). The van der Waals surface area contributed by atoms with E-state index < -0.39 is 11.5 Å². The van der Waals surface area contributed by atoms with Gasteiger partial charge in [0.05, 0.1) is 12.0 Å². The van der Waals surface area contributed by atoms with E-state index in [4.69, 9.17) is 10.5 Å². The van der Waals surface area contributed by atoms with Crippen molar-refractivity contribution in [3.05, 3.63) is 108 Å². The number of rotatable bonds is 10. The predicted octanol–water partition coefficient (Wildman–Crippen LogP) is 4.26. The Morgan fingerprint density at radius 1 is 0.667 bits per heavy atom. The Hall–Kier alpha value is -3.24. The molecule has 4 heteroatoms. The Morgan fingerprint density at radius 2 is 1.10 bits per heavy atom. The van der Waals surface area contributed by atoms with Gasteiger partial charge in [0.15, 0.2) is 5.78 Å². The molecule has 3 aromatic rings. The fourth-order valence-electron chi connectivity index (χ4n) is 3.45. The molecule has 2 N–H and O–H groups in total. The van der Waals surface area contributed by atoms with E-state index in [1.54, 1.807) is 0 Å². The number of carbonyl (C=O) groups excluding carboxylic acids is 2. The van der Waals surface area contributed by atoms with Crippen molar-refractivity contribution in [3.63, 3.8) is 0 Å². The number of Topliss-reactive ketones (excluding diaryl/α,β-unsaturated/α-hetero) is 1. The predicted molar refractivity (Wildman–Crippen MR) is 118 cm³/mol. The smallest absolute Gasteiger partial charge is 0.306 e. The molecular formula is C26H27NO3. The number of carbonyl (C=O) groups is 2. The van der Waals surface area contributed by atoms with Crippen LogP contribution in [0, 0.1) is 0 Å². The lowest BCUT2D eigenvalue weighted by atomic mass is 9.80. The monoisotopic (exact) mass is 401 g/mol. The summed E-state index contributed by atoms with van der Waals surface area (Å²) in [5, 5.41) is 0. The Balaban J connectivity index is 1.63. The van der Waals surface area contributed by atoms with Gasteiger partial charge >= 0.3 is 5.97 Å². The number of esters is 1. The molecule has 0 saturated carbocycles. The van der Waals surface area contributed by atoms with Crippen molar-refractivity contribution in [3.8, 4) is 0 Å². The first kappa shape index (κ1) is 21.5. The van der Waals surface area contributed by atoms with Gasteiger partial charge in [-0.15, -0.1) is 0 Å². The third-order valence-corrected chi connectivity index (χ3v) is 5.08. The zero-order valence-corrected chi connectivity index (χ0v) is 17.0. The van der Waals surface area contributed by atoms with E-state index in [-0.39, 0.29) is 25.2 Å². The van der Waals surface area contributed by atoms with Crippen LogP contribution in [-0.2, 0) is 33.8 Å². The quantitative estimate of drug-likeness (QED) is 0.515. The Bertz CT molecular complexity index is 898. The molecule has 0 aromatic heterocycles. The Morgan fingerprint density at radius 3 is 1.57 bits per heavy atom. The van der Waals surface area contributed by atoms with Crippen LogP contribution in [0.4, 0.5) is 0 Å². The highest BCUT2D eigenvalue weighted by atomic mass is 16.5. The third kappa shape index (κ3) is 6.39. The van der Waals surface area contributed by atoms with Crippen LogP contribution in [0.2, 0.25) is 0 Å². The van der Waals surface area contributed by atoms with Crippen molar-refractivity contribution in [1.29, 1.82) is 0 Å². The Kier molecular flexibility index (Phi) is 7.52. The van der Waals surface area contributed by atoms with E-state index in [0.717, 1.165) is 16.7 Å². The molecular weight excluding hydrogens is 374 g/mol. The highest BCUT2D eigenvalue weighted by Crippen LogP contribution is 2.21. The van der Waals surface area contributed by atoms with Gasteiger partial charge in [-0.1, -0.05) is 91.0 Å². The molecule has 0 spiro atoms. The fourth-order valence-corrected chi connectivity index (χ4v) is 3.45. The maximum atomic E-state index is 13.1. The molecule has 0 saturated heterocycles. The van der Waals surface area contributed by atoms with E-state index in [0.29, 0.717) is 12.8 Å². The van der Waals surface area contributed by atoms with Gasteiger partial charge in [-0.05, 0) is 29.5 Å². The lowest BCUT2D eigenvalue weighted by molar-refractivity contribution is -0.146. The maximum Gasteiger partial charge on any atom is 0.306 e. The van der Waals surface area contributed by atoms with Crippen LogP contribution in [0.15, 0.2) is 91.0 Å². The van der Waals surface area contributed by atoms with Gasteiger partial charge in [0.25, 0.3) is 0 Å². The summed E-state index contributed by atoms with van der Waals surface area (Å²) in [5.74, 6) is -0.527. The second kappa shape index (κ2) is 10.5. The number of ketones is 1. The Labute approximate surface area is 177 Å². The molecule has 0 aliphatic rings. The van der Waals surface area contributed by atoms with E-state index in [2.05, 4.69) is 0 Å². The van der Waals surface area contributed by atoms with Crippen LogP contribution < -0.4 is 5.73 Å². The van der Waals surface area contributed by atoms with Crippen LogP contribution in [0.1, 0.15) is 29.5 Å². The summed E-state index contributed by atoms with van der Waals surface area (Å²) in [6, 6.07) is 28.9. The SMILES string of the molecule is NC(Cc1ccccc1)(Cc1ccccc1)C(=O)CCC(=O)OCc1ccccc1. The average Bonchev–Trinajstić information content (AvgIpc) is 2.78. The van der Waals surface area contributed by atoms with Gasteiger partial charge in [0.2, 0.25) is 0 Å². The second-order valence-corrected chi connectivity index (χ2v) is 7.55. The van der Waals surface area contributed by atoms with Crippen LogP contribution >= 0.6 is 0 Å². The number of ether oxygens (including phenoxy) is 1. The molecule has 0 amide bonds. The van der Waals surface area contributed by atoms with Crippen LogP contribution in [0.3, 0.4) is 0 Å². The second-order valence-electron chi connectivity index (χ2n) is 7.55. The van der Waals surface area contributed by atoms with Gasteiger partial charge in [-0.3, -0.25) is 9.59 Å². The first-order valence-corrected chi connectivity index (χ1v) is 10.1. The first-order valence-electron chi connectivity index (χ1n) is 10.1. The molecule has 0 heterocycles. The summed E-state index contributed by atoms with van der Waals surface area (Å²) >= 11 is 0. The van der Waals surface area contributed by atoms with Crippen LogP contribution in [0.5, 0.6) is 0 Å². The summed E-state index contributed by atoms with van der Waals surface area (Å²) in [5.41, 5.74) is 8.48. The highest BCUT2D eigenvalue weighted by Gasteiger charge is 2.34. The fraction of sp³-hybridized carbons (Fsp3) is 0.231. The maximum absolute atomic E-state index is 13.1. The topological polar surface area (TPSA) is 69.4 Å². The molecule has 4 nitrogen and oxygen atoms in total. The molecule has 0 aliphatic carbocycles. The molecule has 0 radical (unpaired) electrons. The lowest BCUT2D eigenvalue weighted by Crippen LogP contribution is -2.52. The van der Waals surface area contributed by atoms with E-state index in [1.807, 2.05) is 91.0 Å². The number of benzene rings is 3. The zero-order valence-electron chi connectivity index (χ0n) is 17.0. The van der Waals surface area contributed by atoms with Gasteiger partial charge < -0.3 is 10.5 Å². The third-order valence-electron chi connectivity index (χ3n) is 5.08. The highest BCUT2D eigenvalue weighted by molar-refractivity contribution is 5.91. The summed E-state index contributed by atoms with van der Waals surface area (Å²) in [6.07, 6.45) is 0.916. The minimum absolute atomic E-state index is 0.0220. The summed E-state index contributed by atoms with van der Waals surface area (Å²) < 4.78 is 5.30. The summed E-state index contributed by atoms with van der Waals surface area (Å²) in [6.45, 7) is 0.204. The van der Waals surface area contributed by atoms with Crippen molar-refractivity contribution >= 4 is 11.8 Å². The van der Waals surface area contributed by atoms with E-state index in [1.165, 1.54) is 0 Å². The number of hydrogen-bond donors (Lipinski definition) is 1. The molecule has 154 valence electrons. The molecule has 0 bridgehead atoms. The van der Waals surface area contributed by atoms with Crippen molar-refractivity contribution in [2.24, 2.45) is 5.73 Å². The number of hydrogen-bond acceptors (Lipinski definition) is 4.